The zero-order valence-electron chi connectivity index (χ0n) is 20.2. The number of allylic oxidation sites excluding steroid dienone is 1. The summed E-state index contributed by atoms with van der Waals surface area (Å²) >= 11 is 8.95. The molecule has 0 atom stereocenters. The van der Waals surface area contributed by atoms with Gasteiger partial charge in [0.25, 0.3) is 0 Å². The number of benzene rings is 2. The van der Waals surface area contributed by atoms with Crippen LogP contribution in [0.15, 0.2) is 59.6 Å². The summed E-state index contributed by atoms with van der Waals surface area (Å²) in [4.78, 5) is 17.1. The predicted octanol–water partition coefficient (Wildman–Crippen LogP) is 6.48. The monoisotopic (exact) mass is 539 g/mol. The number of aromatic nitrogens is 4. The summed E-state index contributed by atoms with van der Waals surface area (Å²) in [6, 6.07) is 11.9. The van der Waals surface area contributed by atoms with E-state index in [1.807, 2.05) is 67.1 Å². The predicted molar refractivity (Wildman–Crippen MR) is 147 cm³/mol. The molecule has 0 bridgehead atoms. The molecule has 2 aromatic heterocycles. The molecule has 0 aliphatic heterocycles. The van der Waals surface area contributed by atoms with Crippen LogP contribution in [0.25, 0.3) is 11.3 Å². The van der Waals surface area contributed by atoms with Crippen LogP contribution in [0, 0.1) is 20.8 Å². The maximum Gasteiger partial charge on any atom is 0.236 e. The second kappa shape index (κ2) is 11.7. The first-order chi connectivity index (χ1) is 17.3. The molecular weight excluding hydrogens is 514 g/mol. The molecule has 186 valence electrons. The number of hydrogen-bond acceptors (Lipinski definition) is 7. The van der Waals surface area contributed by atoms with E-state index in [4.69, 9.17) is 16.3 Å². The van der Waals surface area contributed by atoms with E-state index < -0.39 is 0 Å². The van der Waals surface area contributed by atoms with Gasteiger partial charge in [0.15, 0.2) is 16.1 Å². The number of nitrogens with zero attached hydrogens (tertiary/aromatic N) is 4. The summed E-state index contributed by atoms with van der Waals surface area (Å²) in [6.45, 7) is 10.5. The summed E-state index contributed by atoms with van der Waals surface area (Å²) in [5.41, 5.74) is 4.95. The number of halogens is 1. The zero-order chi connectivity index (χ0) is 25.7. The average molecular weight is 540 g/mol. The number of thioether (sulfide) groups is 1. The van der Waals surface area contributed by atoms with E-state index in [0.29, 0.717) is 28.4 Å². The third-order valence-electron chi connectivity index (χ3n) is 5.31. The molecule has 7 nitrogen and oxygen atoms in total. The molecule has 1 N–H and O–H groups in total. The van der Waals surface area contributed by atoms with E-state index in [2.05, 4.69) is 27.1 Å². The summed E-state index contributed by atoms with van der Waals surface area (Å²) < 4.78 is 7.84. The van der Waals surface area contributed by atoms with Crippen molar-refractivity contribution in [3.05, 3.63) is 82.0 Å². The Morgan fingerprint density at radius 1 is 1.19 bits per heavy atom. The van der Waals surface area contributed by atoms with Crippen LogP contribution in [-0.4, -0.2) is 31.4 Å². The maximum absolute atomic E-state index is 12.6. The Hall–Kier alpha value is -3.14. The van der Waals surface area contributed by atoms with Gasteiger partial charge in [0.1, 0.15) is 12.4 Å². The van der Waals surface area contributed by atoms with Gasteiger partial charge >= 0.3 is 0 Å². The Morgan fingerprint density at radius 2 is 1.92 bits per heavy atom. The molecule has 0 saturated carbocycles. The number of thiazole rings is 1. The van der Waals surface area contributed by atoms with E-state index in [-0.39, 0.29) is 18.3 Å². The maximum atomic E-state index is 12.6. The normalized spacial score (nSPS) is 10.9. The van der Waals surface area contributed by atoms with Gasteiger partial charge in [-0.15, -0.1) is 28.1 Å². The largest absolute Gasteiger partial charge is 0.486 e. The quantitative estimate of drug-likeness (QED) is 0.183. The highest BCUT2D eigenvalue weighted by atomic mass is 35.5. The fraction of sp³-hybridized carbons (Fsp3) is 0.231. The van der Waals surface area contributed by atoms with Crippen LogP contribution in [-0.2, 0) is 17.9 Å². The molecule has 0 aliphatic rings. The van der Waals surface area contributed by atoms with Crippen LogP contribution in [0.3, 0.4) is 0 Å². The first kappa shape index (κ1) is 25.9. The number of ether oxygens (including phenoxy) is 1. The minimum Gasteiger partial charge on any atom is -0.486 e. The van der Waals surface area contributed by atoms with Crippen molar-refractivity contribution >= 4 is 45.7 Å². The fourth-order valence-corrected chi connectivity index (χ4v) is 5.07. The summed E-state index contributed by atoms with van der Waals surface area (Å²) in [5.74, 6) is 1.36. The molecule has 0 fully saturated rings. The highest BCUT2D eigenvalue weighted by molar-refractivity contribution is 7.99. The minimum atomic E-state index is -0.164. The van der Waals surface area contributed by atoms with Crippen LogP contribution in [0.4, 0.5) is 5.13 Å². The van der Waals surface area contributed by atoms with E-state index in [1.165, 1.54) is 28.7 Å². The lowest BCUT2D eigenvalue weighted by Crippen LogP contribution is -2.15. The average Bonchev–Trinajstić information content (AvgIpc) is 3.47. The zero-order valence-corrected chi connectivity index (χ0v) is 22.6. The van der Waals surface area contributed by atoms with Gasteiger partial charge in [-0.3, -0.25) is 9.36 Å². The Morgan fingerprint density at radius 3 is 2.61 bits per heavy atom. The van der Waals surface area contributed by atoms with Crippen LogP contribution < -0.4 is 10.1 Å². The van der Waals surface area contributed by atoms with Crippen molar-refractivity contribution in [1.82, 2.24) is 19.7 Å². The number of rotatable bonds is 10. The molecule has 0 radical (unpaired) electrons. The Kier molecular flexibility index (Phi) is 8.45. The van der Waals surface area contributed by atoms with Gasteiger partial charge in [-0.05, 0) is 44.0 Å². The lowest BCUT2D eigenvalue weighted by atomic mass is 10.1. The fourth-order valence-electron chi connectivity index (χ4n) is 3.46. The smallest absolute Gasteiger partial charge is 0.236 e. The molecule has 2 heterocycles. The molecule has 0 spiro atoms. The Balaban J connectivity index is 1.36. The SMILES string of the molecule is C=CCn1c(COc2cc(C)c(Cl)c(C)c2)nnc1SCC(=O)Nc1nc(-c2ccc(C)cc2)cs1. The Bertz CT molecular complexity index is 1360. The van der Waals surface area contributed by atoms with Crippen LogP contribution in [0.1, 0.15) is 22.5 Å². The highest BCUT2D eigenvalue weighted by Gasteiger charge is 2.15. The molecular formula is C26H26ClN5O2S2. The van der Waals surface area contributed by atoms with Crippen molar-refractivity contribution in [2.24, 2.45) is 0 Å². The highest BCUT2D eigenvalue weighted by Crippen LogP contribution is 2.27. The number of amides is 1. The van der Waals surface area contributed by atoms with E-state index in [0.717, 1.165) is 27.4 Å². The van der Waals surface area contributed by atoms with Crippen molar-refractivity contribution in [1.29, 1.82) is 0 Å². The topological polar surface area (TPSA) is 81.9 Å². The molecule has 2 aromatic carbocycles. The van der Waals surface area contributed by atoms with Crippen molar-refractivity contribution in [2.45, 2.75) is 39.1 Å². The van der Waals surface area contributed by atoms with Gasteiger partial charge < -0.3 is 10.1 Å². The lowest BCUT2D eigenvalue weighted by Gasteiger charge is -2.11. The van der Waals surface area contributed by atoms with Crippen molar-refractivity contribution in [3.63, 3.8) is 0 Å². The number of nitrogens with one attached hydrogen (secondary N) is 1. The first-order valence-electron chi connectivity index (χ1n) is 11.2. The number of aryl methyl sites for hydroxylation is 3. The molecule has 0 unspecified atom stereocenters. The molecule has 0 aliphatic carbocycles. The van der Waals surface area contributed by atoms with Crippen LogP contribution in [0.5, 0.6) is 5.75 Å². The standard InChI is InChI=1S/C26H26ClN5O2S2/c1-5-10-32-22(13-34-20-11-17(3)24(27)18(4)12-20)30-31-26(32)36-15-23(33)29-25-28-21(14-35-25)19-8-6-16(2)7-9-19/h5-9,11-12,14H,1,10,13,15H2,2-4H3,(H,28,29,33). The molecule has 4 aromatic rings. The van der Waals surface area contributed by atoms with Gasteiger partial charge in [0.2, 0.25) is 5.91 Å². The van der Waals surface area contributed by atoms with Gasteiger partial charge in [-0.2, -0.15) is 0 Å². The van der Waals surface area contributed by atoms with Crippen LogP contribution >= 0.6 is 34.7 Å². The molecule has 36 heavy (non-hydrogen) atoms. The second-order valence-electron chi connectivity index (χ2n) is 8.20. The number of anilines is 1. The van der Waals surface area contributed by atoms with E-state index >= 15 is 0 Å². The number of hydrogen-bond donors (Lipinski definition) is 1. The summed E-state index contributed by atoms with van der Waals surface area (Å²) in [6.07, 6.45) is 1.76. The third kappa shape index (κ3) is 6.34. The van der Waals surface area contributed by atoms with E-state index in [9.17, 15) is 4.79 Å². The van der Waals surface area contributed by atoms with Gasteiger partial charge in [0, 0.05) is 22.5 Å². The van der Waals surface area contributed by atoms with Crippen molar-refractivity contribution < 1.29 is 9.53 Å². The van der Waals surface area contributed by atoms with Crippen molar-refractivity contribution in [3.8, 4) is 17.0 Å². The molecule has 4 rings (SSSR count). The van der Waals surface area contributed by atoms with Gasteiger partial charge in [-0.25, -0.2) is 4.98 Å². The first-order valence-corrected chi connectivity index (χ1v) is 13.5. The number of carbonyl (C=O) groups is 1. The van der Waals surface area contributed by atoms with Gasteiger partial charge in [-0.1, -0.05) is 59.3 Å². The Labute approximate surface area is 223 Å². The summed E-state index contributed by atoms with van der Waals surface area (Å²) in [5, 5.41) is 15.2. The lowest BCUT2D eigenvalue weighted by molar-refractivity contribution is -0.113. The second-order valence-corrected chi connectivity index (χ2v) is 10.4. The number of carbonyl (C=O) groups excluding carboxylic acids is 1. The summed E-state index contributed by atoms with van der Waals surface area (Å²) in [7, 11) is 0. The minimum absolute atomic E-state index is 0.164. The molecule has 10 heteroatoms. The molecule has 1 amide bonds. The van der Waals surface area contributed by atoms with Gasteiger partial charge in [0.05, 0.1) is 11.4 Å². The third-order valence-corrected chi connectivity index (χ3v) is 7.63. The molecule has 0 saturated heterocycles. The van der Waals surface area contributed by atoms with Crippen LogP contribution in [0.2, 0.25) is 5.02 Å². The van der Waals surface area contributed by atoms with E-state index in [1.54, 1.807) is 6.08 Å². The van der Waals surface area contributed by atoms with Crippen molar-refractivity contribution in [2.75, 3.05) is 11.1 Å².